The summed E-state index contributed by atoms with van der Waals surface area (Å²) in [5.41, 5.74) is -0.314. The highest BCUT2D eigenvalue weighted by Gasteiger charge is 2.51. The molecule has 206 valence electrons. The second-order valence-electron chi connectivity index (χ2n) is 10.0. The summed E-state index contributed by atoms with van der Waals surface area (Å²) in [7, 11) is 3.28. The van der Waals surface area contributed by atoms with E-state index in [1.807, 2.05) is 7.05 Å². The van der Waals surface area contributed by atoms with Crippen LogP contribution in [0.15, 0.2) is 60.7 Å². The van der Waals surface area contributed by atoms with Gasteiger partial charge in [-0.1, -0.05) is 41.9 Å². The quantitative estimate of drug-likeness (QED) is 0.353. The fraction of sp³-hybridized carbons (Fsp3) is 0.276. The van der Waals surface area contributed by atoms with Crippen LogP contribution in [-0.2, 0) is 10.5 Å². The first-order chi connectivity index (χ1) is 19.3. The van der Waals surface area contributed by atoms with E-state index in [1.165, 1.54) is 30.2 Å². The van der Waals surface area contributed by atoms with Gasteiger partial charge in [-0.15, -0.1) is 0 Å². The number of aromatic nitrogens is 2. The Balaban J connectivity index is 1.49. The molecule has 40 heavy (non-hydrogen) atoms. The van der Waals surface area contributed by atoms with E-state index >= 15 is 4.39 Å². The average Bonchev–Trinajstić information content (AvgIpc) is 3.48. The Kier molecular flexibility index (Phi) is 6.48. The van der Waals surface area contributed by atoms with Gasteiger partial charge >= 0.3 is 6.09 Å². The Morgan fingerprint density at radius 3 is 2.77 bits per heavy atom. The van der Waals surface area contributed by atoms with Gasteiger partial charge in [0.1, 0.15) is 0 Å². The maximum atomic E-state index is 15.3. The lowest BCUT2D eigenvalue weighted by molar-refractivity contribution is 0.0699. The molecular formula is C29H27ClFN5O4. The molecule has 2 atom stereocenters. The fourth-order valence-electron chi connectivity index (χ4n) is 5.75. The van der Waals surface area contributed by atoms with Gasteiger partial charge in [-0.25, -0.2) is 19.1 Å². The van der Waals surface area contributed by atoms with Gasteiger partial charge in [0.05, 0.1) is 35.0 Å². The molecule has 2 unspecified atom stereocenters. The molecule has 0 spiro atoms. The number of carbonyl (C=O) groups is 2. The predicted molar refractivity (Wildman–Crippen MR) is 149 cm³/mol. The summed E-state index contributed by atoms with van der Waals surface area (Å²) >= 11 is 6.06. The fourth-order valence-corrected chi connectivity index (χ4v) is 5.92. The molecule has 2 aliphatic heterocycles. The van der Waals surface area contributed by atoms with E-state index in [0.717, 1.165) is 30.7 Å². The number of hydrogen-bond acceptors (Lipinski definition) is 6. The SMILES string of the molecule is COC(=O)N(c1nc2ccc(C3(O)c4ccccc4C(=O)N3c3cccc(Cl)c3F)cc2[nH]1)C1CCCCN1C. The number of halogens is 2. The number of amides is 2. The van der Waals surface area contributed by atoms with Crippen molar-refractivity contribution >= 4 is 46.3 Å². The van der Waals surface area contributed by atoms with Crippen LogP contribution in [0, 0.1) is 5.82 Å². The van der Waals surface area contributed by atoms with E-state index in [1.54, 1.807) is 42.5 Å². The highest BCUT2D eigenvalue weighted by molar-refractivity contribution is 6.31. The van der Waals surface area contributed by atoms with Crippen LogP contribution in [0.3, 0.4) is 0 Å². The van der Waals surface area contributed by atoms with Gasteiger partial charge in [0.15, 0.2) is 11.5 Å². The van der Waals surface area contributed by atoms with Crippen molar-refractivity contribution < 1.29 is 23.8 Å². The lowest BCUT2D eigenvalue weighted by Gasteiger charge is -2.38. The van der Waals surface area contributed by atoms with Crippen molar-refractivity contribution in [2.45, 2.75) is 31.2 Å². The number of nitrogens with zero attached hydrogens (tertiary/aromatic N) is 4. The number of ether oxygens (including phenoxy) is 1. The van der Waals surface area contributed by atoms with Crippen molar-refractivity contribution in [3.8, 4) is 0 Å². The Morgan fingerprint density at radius 1 is 1.20 bits per heavy atom. The van der Waals surface area contributed by atoms with Crippen molar-refractivity contribution in [3.63, 3.8) is 0 Å². The minimum atomic E-state index is -2.05. The van der Waals surface area contributed by atoms with E-state index in [-0.39, 0.29) is 22.4 Å². The number of hydrogen-bond donors (Lipinski definition) is 2. The standard InChI is InChI=1S/C29H27ClFN5O4/c1-34-15-6-5-12-24(34)35(28(38)40-2)27-32-21-14-13-17(16-22(21)33-27)29(39)19-9-4-3-8-18(19)26(37)36(29)23-11-7-10-20(30)25(23)31/h3-4,7-11,13-14,16,24,39H,5-6,12,15H2,1-2H3,(H,32,33). The number of imidazole rings is 1. The summed E-state index contributed by atoms with van der Waals surface area (Å²) in [6.45, 7) is 0.832. The average molecular weight is 564 g/mol. The number of carbonyl (C=O) groups excluding carboxylic acids is 2. The molecule has 0 aliphatic carbocycles. The predicted octanol–water partition coefficient (Wildman–Crippen LogP) is 5.22. The molecule has 0 bridgehead atoms. The topological polar surface area (TPSA) is 102 Å². The van der Waals surface area contributed by atoms with Crippen LogP contribution < -0.4 is 9.80 Å². The third-order valence-corrected chi connectivity index (χ3v) is 8.03. The van der Waals surface area contributed by atoms with E-state index in [9.17, 15) is 14.7 Å². The minimum Gasteiger partial charge on any atom is -0.452 e. The van der Waals surface area contributed by atoms with E-state index in [2.05, 4.69) is 14.9 Å². The highest BCUT2D eigenvalue weighted by Crippen LogP contribution is 2.46. The molecule has 0 radical (unpaired) electrons. The minimum absolute atomic E-state index is 0.154. The normalized spacial score (nSPS) is 21.1. The second-order valence-corrected chi connectivity index (χ2v) is 10.4. The smallest absolute Gasteiger partial charge is 0.417 e. The molecule has 0 saturated carbocycles. The zero-order valence-electron chi connectivity index (χ0n) is 21.9. The Hall–Kier alpha value is -3.99. The molecule has 3 aromatic carbocycles. The number of likely N-dealkylation sites (tertiary alicyclic amines) is 1. The number of anilines is 2. The largest absolute Gasteiger partial charge is 0.452 e. The van der Waals surface area contributed by atoms with Gasteiger partial charge in [-0.2, -0.15) is 0 Å². The number of rotatable bonds is 4. The van der Waals surface area contributed by atoms with Crippen LogP contribution in [0.4, 0.5) is 20.8 Å². The molecule has 2 N–H and O–H groups in total. The molecule has 2 aliphatic rings. The number of aliphatic hydroxyl groups is 1. The van der Waals surface area contributed by atoms with Crippen molar-refractivity contribution in [2.75, 3.05) is 30.5 Å². The zero-order valence-corrected chi connectivity index (χ0v) is 22.7. The van der Waals surface area contributed by atoms with Crippen molar-refractivity contribution in [1.82, 2.24) is 14.9 Å². The molecule has 11 heteroatoms. The lowest BCUT2D eigenvalue weighted by Crippen LogP contribution is -2.52. The summed E-state index contributed by atoms with van der Waals surface area (Å²) in [6.07, 6.45) is 1.96. The number of nitrogens with one attached hydrogen (secondary N) is 1. The van der Waals surface area contributed by atoms with Crippen molar-refractivity contribution in [2.24, 2.45) is 0 Å². The van der Waals surface area contributed by atoms with E-state index < -0.39 is 23.5 Å². The molecule has 2 amide bonds. The van der Waals surface area contributed by atoms with Crippen LogP contribution in [0.1, 0.15) is 40.7 Å². The van der Waals surface area contributed by atoms with E-state index in [4.69, 9.17) is 16.3 Å². The van der Waals surface area contributed by atoms with Crippen LogP contribution in [0.5, 0.6) is 0 Å². The molecule has 3 heterocycles. The summed E-state index contributed by atoms with van der Waals surface area (Å²) < 4.78 is 20.4. The molecule has 9 nitrogen and oxygen atoms in total. The van der Waals surface area contributed by atoms with Crippen LogP contribution >= 0.6 is 11.6 Å². The molecule has 1 fully saturated rings. The number of aromatic amines is 1. The first-order valence-corrected chi connectivity index (χ1v) is 13.3. The first-order valence-electron chi connectivity index (χ1n) is 12.9. The summed E-state index contributed by atoms with van der Waals surface area (Å²) in [5, 5.41) is 12.2. The monoisotopic (exact) mass is 563 g/mol. The van der Waals surface area contributed by atoms with Gasteiger partial charge in [-0.05, 0) is 63.2 Å². The number of H-pyrrole nitrogens is 1. The lowest BCUT2D eigenvalue weighted by atomic mass is 9.93. The number of methoxy groups -OCH3 is 1. The number of piperidine rings is 1. The van der Waals surface area contributed by atoms with Crippen LogP contribution in [0.2, 0.25) is 5.02 Å². The maximum Gasteiger partial charge on any atom is 0.417 e. The summed E-state index contributed by atoms with van der Waals surface area (Å²) in [5.74, 6) is -1.09. The third kappa shape index (κ3) is 3.94. The van der Waals surface area contributed by atoms with Gasteiger partial charge < -0.3 is 14.8 Å². The molecular weight excluding hydrogens is 537 g/mol. The van der Waals surface area contributed by atoms with Gasteiger partial charge in [0.2, 0.25) is 5.95 Å². The third-order valence-electron chi connectivity index (χ3n) is 7.73. The van der Waals surface area contributed by atoms with Gasteiger partial charge in [0.25, 0.3) is 5.91 Å². The van der Waals surface area contributed by atoms with Crippen molar-refractivity contribution in [1.29, 1.82) is 0 Å². The maximum absolute atomic E-state index is 15.3. The Labute approximate surface area is 234 Å². The van der Waals surface area contributed by atoms with Crippen LogP contribution in [0.25, 0.3) is 11.0 Å². The van der Waals surface area contributed by atoms with Gasteiger partial charge in [0, 0.05) is 16.7 Å². The molecule has 1 saturated heterocycles. The first kappa shape index (κ1) is 26.2. The highest BCUT2D eigenvalue weighted by atomic mass is 35.5. The summed E-state index contributed by atoms with van der Waals surface area (Å²) in [6, 6.07) is 15.9. The van der Waals surface area contributed by atoms with E-state index in [0.29, 0.717) is 28.1 Å². The molecule has 4 aromatic rings. The number of fused-ring (bicyclic) bond motifs is 2. The van der Waals surface area contributed by atoms with Crippen molar-refractivity contribution in [3.05, 3.63) is 88.2 Å². The van der Waals surface area contributed by atoms with Crippen LogP contribution in [-0.4, -0.2) is 58.8 Å². The second kappa shape index (κ2) is 9.88. The molecule has 6 rings (SSSR count). The Morgan fingerprint density at radius 2 is 2.00 bits per heavy atom. The zero-order chi connectivity index (χ0) is 28.2. The molecule has 1 aromatic heterocycles. The summed E-state index contributed by atoms with van der Waals surface area (Å²) in [4.78, 5) is 38.9. The Bertz CT molecular complexity index is 1640. The number of benzene rings is 3. The van der Waals surface area contributed by atoms with Gasteiger partial charge in [-0.3, -0.25) is 14.6 Å².